The number of hydrogen-bond donors (Lipinski definition) is 1. The Morgan fingerprint density at radius 3 is 3.00 bits per heavy atom. The van der Waals surface area contributed by atoms with E-state index in [4.69, 9.17) is 22.1 Å². The smallest absolute Gasteiger partial charge is 0.124 e. The molecule has 1 aliphatic heterocycles. The van der Waals surface area contributed by atoms with Gasteiger partial charge in [-0.3, -0.25) is 0 Å². The molecule has 2 rings (SSSR count). The van der Waals surface area contributed by atoms with Crippen LogP contribution in [0.15, 0.2) is 18.2 Å². The summed E-state index contributed by atoms with van der Waals surface area (Å²) in [5.74, 6) is -0.313. The third-order valence-electron chi connectivity index (χ3n) is 3.09. The second kappa shape index (κ2) is 5.80. The van der Waals surface area contributed by atoms with E-state index in [9.17, 15) is 4.39 Å². The van der Waals surface area contributed by atoms with E-state index in [1.165, 1.54) is 12.1 Å². The topological polar surface area (TPSA) is 35.2 Å². The molecule has 0 spiro atoms. The summed E-state index contributed by atoms with van der Waals surface area (Å²) in [7, 11) is 0. The SMILES string of the molecule is NC(Cc1ccc(F)cc1Cl)CC1CCCO1. The first-order chi connectivity index (χ1) is 8.15. The van der Waals surface area contributed by atoms with E-state index in [2.05, 4.69) is 0 Å². The molecule has 1 aliphatic rings. The van der Waals surface area contributed by atoms with E-state index in [1.807, 2.05) is 0 Å². The lowest BCUT2D eigenvalue weighted by molar-refractivity contribution is 0.0983. The van der Waals surface area contributed by atoms with Gasteiger partial charge in [0, 0.05) is 17.7 Å². The summed E-state index contributed by atoms with van der Waals surface area (Å²) in [5, 5.41) is 0.452. The van der Waals surface area contributed by atoms with Crippen molar-refractivity contribution in [1.29, 1.82) is 0 Å². The first kappa shape index (κ1) is 12.8. The van der Waals surface area contributed by atoms with Gasteiger partial charge < -0.3 is 10.5 Å². The Balaban J connectivity index is 1.90. The van der Waals surface area contributed by atoms with Gasteiger partial charge in [0.25, 0.3) is 0 Å². The van der Waals surface area contributed by atoms with Gasteiger partial charge in [-0.2, -0.15) is 0 Å². The summed E-state index contributed by atoms with van der Waals surface area (Å²) >= 11 is 5.96. The van der Waals surface area contributed by atoms with Crippen LogP contribution in [0, 0.1) is 5.82 Å². The Bertz CT molecular complexity index is 380. The molecule has 1 heterocycles. The van der Waals surface area contributed by atoms with Gasteiger partial charge in [-0.05, 0) is 43.4 Å². The molecule has 1 saturated heterocycles. The van der Waals surface area contributed by atoms with Gasteiger partial charge in [-0.1, -0.05) is 17.7 Å². The Hall–Kier alpha value is -0.640. The van der Waals surface area contributed by atoms with Crippen LogP contribution in [-0.4, -0.2) is 18.8 Å². The van der Waals surface area contributed by atoms with E-state index in [-0.39, 0.29) is 18.0 Å². The lowest BCUT2D eigenvalue weighted by Crippen LogP contribution is -2.28. The van der Waals surface area contributed by atoms with Crippen molar-refractivity contribution in [2.75, 3.05) is 6.61 Å². The number of halogens is 2. The average molecular weight is 258 g/mol. The van der Waals surface area contributed by atoms with Gasteiger partial charge in [0.1, 0.15) is 5.82 Å². The van der Waals surface area contributed by atoms with Crippen LogP contribution < -0.4 is 5.73 Å². The maximum absolute atomic E-state index is 12.9. The van der Waals surface area contributed by atoms with E-state index in [0.29, 0.717) is 11.4 Å². The minimum atomic E-state index is -0.313. The van der Waals surface area contributed by atoms with Crippen LogP contribution in [0.4, 0.5) is 4.39 Å². The van der Waals surface area contributed by atoms with E-state index in [0.717, 1.165) is 31.4 Å². The fraction of sp³-hybridized carbons (Fsp3) is 0.538. The molecule has 0 amide bonds. The predicted octanol–water partition coefficient (Wildman–Crippen LogP) is 2.92. The highest BCUT2D eigenvalue weighted by Crippen LogP contribution is 2.21. The molecule has 2 nitrogen and oxygen atoms in total. The molecular weight excluding hydrogens is 241 g/mol. The molecule has 2 unspecified atom stereocenters. The number of rotatable bonds is 4. The average Bonchev–Trinajstić information content (AvgIpc) is 2.75. The first-order valence-corrected chi connectivity index (χ1v) is 6.34. The summed E-state index contributed by atoms with van der Waals surface area (Å²) in [4.78, 5) is 0. The maximum atomic E-state index is 12.9. The number of nitrogens with two attached hydrogens (primary N) is 1. The number of benzene rings is 1. The Labute approximate surface area is 106 Å². The van der Waals surface area contributed by atoms with E-state index >= 15 is 0 Å². The normalized spacial score (nSPS) is 21.7. The lowest BCUT2D eigenvalue weighted by Gasteiger charge is -2.16. The third-order valence-corrected chi connectivity index (χ3v) is 3.44. The van der Waals surface area contributed by atoms with Gasteiger partial charge in [-0.25, -0.2) is 4.39 Å². The molecule has 2 N–H and O–H groups in total. The summed E-state index contributed by atoms with van der Waals surface area (Å²) in [6.07, 6.45) is 4.00. The maximum Gasteiger partial charge on any atom is 0.124 e. The Morgan fingerprint density at radius 2 is 2.35 bits per heavy atom. The van der Waals surface area contributed by atoms with Crippen molar-refractivity contribution in [3.05, 3.63) is 34.6 Å². The van der Waals surface area contributed by atoms with Gasteiger partial charge in [-0.15, -0.1) is 0 Å². The van der Waals surface area contributed by atoms with Gasteiger partial charge in [0.2, 0.25) is 0 Å². The number of ether oxygens (including phenoxy) is 1. The second-order valence-electron chi connectivity index (χ2n) is 4.57. The second-order valence-corrected chi connectivity index (χ2v) is 4.98. The van der Waals surface area contributed by atoms with Crippen molar-refractivity contribution in [2.24, 2.45) is 5.73 Å². The van der Waals surface area contributed by atoms with Crippen LogP contribution in [0.2, 0.25) is 5.02 Å². The lowest BCUT2D eigenvalue weighted by atomic mass is 10.00. The van der Waals surface area contributed by atoms with E-state index in [1.54, 1.807) is 6.07 Å². The summed E-state index contributed by atoms with van der Waals surface area (Å²) in [6, 6.07) is 4.46. The molecule has 0 aliphatic carbocycles. The highest BCUT2D eigenvalue weighted by Gasteiger charge is 2.19. The standard InChI is InChI=1S/C13H17ClFNO/c14-13-7-10(15)4-3-9(13)6-11(16)8-12-2-1-5-17-12/h3-4,7,11-12H,1-2,5-6,8,16H2. The zero-order valence-electron chi connectivity index (χ0n) is 9.66. The molecule has 1 aromatic rings. The quantitative estimate of drug-likeness (QED) is 0.900. The van der Waals surface area contributed by atoms with E-state index < -0.39 is 0 Å². The van der Waals surface area contributed by atoms with Crippen molar-refractivity contribution in [3.63, 3.8) is 0 Å². The molecule has 94 valence electrons. The molecule has 0 bridgehead atoms. The van der Waals surface area contributed by atoms with Crippen LogP contribution in [-0.2, 0) is 11.2 Å². The highest BCUT2D eigenvalue weighted by atomic mass is 35.5. The number of hydrogen-bond acceptors (Lipinski definition) is 2. The molecule has 1 fully saturated rings. The molecule has 0 aromatic heterocycles. The minimum Gasteiger partial charge on any atom is -0.378 e. The molecule has 2 atom stereocenters. The third kappa shape index (κ3) is 3.66. The van der Waals surface area contributed by atoms with Gasteiger partial charge in [0.15, 0.2) is 0 Å². The van der Waals surface area contributed by atoms with Crippen molar-refractivity contribution in [2.45, 2.75) is 37.8 Å². The Kier molecular flexibility index (Phi) is 4.37. The van der Waals surface area contributed by atoms with Crippen molar-refractivity contribution in [1.82, 2.24) is 0 Å². The van der Waals surface area contributed by atoms with Crippen LogP contribution in [0.25, 0.3) is 0 Å². The summed E-state index contributed by atoms with van der Waals surface area (Å²) in [5.41, 5.74) is 6.96. The monoisotopic (exact) mass is 257 g/mol. The van der Waals surface area contributed by atoms with Crippen molar-refractivity contribution < 1.29 is 9.13 Å². The Morgan fingerprint density at radius 1 is 1.53 bits per heavy atom. The first-order valence-electron chi connectivity index (χ1n) is 5.96. The fourth-order valence-electron chi connectivity index (χ4n) is 2.22. The fourth-order valence-corrected chi connectivity index (χ4v) is 2.47. The zero-order chi connectivity index (χ0) is 12.3. The molecule has 17 heavy (non-hydrogen) atoms. The molecular formula is C13H17ClFNO. The van der Waals surface area contributed by atoms with Crippen molar-refractivity contribution in [3.8, 4) is 0 Å². The summed E-state index contributed by atoms with van der Waals surface area (Å²) < 4.78 is 18.4. The van der Waals surface area contributed by atoms with Crippen molar-refractivity contribution >= 4 is 11.6 Å². The van der Waals surface area contributed by atoms with Gasteiger partial charge in [0.05, 0.1) is 6.10 Å². The molecule has 0 saturated carbocycles. The zero-order valence-corrected chi connectivity index (χ0v) is 10.4. The predicted molar refractivity (Wildman–Crippen MR) is 66.7 cm³/mol. The van der Waals surface area contributed by atoms with Crippen LogP contribution in [0.5, 0.6) is 0 Å². The summed E-state index contributed by atoms with van der Waals surface area (Å²) in [6.45, 7) is 0.842. The van der Waals surface area contributed by atoms with Gasteiger partial charge >= 0.3 is 0 Å². The van der Waals surface area contributed by atoms with Crippen LogP contribution in [0.1, 0.15) is 24.8 Å². The van der Waals surface area contributed by atoms with Crippen LogP contribution >= 0.6 is 11.6 Å². The highest BCUT2D eigenvalue weighted by molar-refractivity contribution is 6.31. The largest absolute Gasteiger partial charge is 0.378 e. The minimum absolute atomic E-state index is 0.0149. The van der Waals surface area contributed by atoms with Crippen LogP contribution in [0.3, 0.4) is 0 Å². The molecule has 0 radical (unpaired) electrons. The molecule has 1 aromatic carbocycles. The molecule has 4 heteroatoms.